The number of aromatic carboxylic acids is 1. The summed E-state index contributed by atoms with van der Waals surface area (Å²) >= 11 is 0. The quantitative estimate of drug-likeness (QED) is 0.480. The Morgan fingerprint density at radius 1 is 1.10 bits per heavy atom. The molecular formula is C27H29F3N4O5. The van der Waals surface area contributed by atoms with Crippen molar-refractivity contribution < 1.29 is 32.6 Å². The molecule has 0 radical (unpaired) electrons. The molecule has 1 aliphatic rings. The second-order valence-corrected chi connectivity index (χ2v) is 11.1. The van der Waals surface area contributed by atoms with Crippen molar-refractivity contribution in [1.82, 2.24) is 14.9 Å². The van der Waals surface area contributed by atoms with E-state index in [4.69, 9.17) is 4.74 Å². The number of nitrogens with zero attached hydrogens (tertiary/aromatic N) is 3. The number of amides is 1. The summed E-state index contributed by atoms with van der Waals surface area (Å²) in [5, 5.41) is 12.0. The number of pyridine rings is 2. The van der Waals surface area contributed by atoms with Crippen molar-refractivity contribution in [2.45, 2.75) is 52.2 Å². The Bertz CT molecular complexity index is 1530. The number of hydrogen-bond donors (Lipinski definition) is 2. The Morgan fingerprint density at radius 2 is 1.79 bits per heavy atom. The normalized spacial score (nSPS) is 16.0. The molecule has 208 valence electrons. The van der Waals surface area contributed by atoms with Crippen molar-refractivity contribution >= 4 is 28.9 Å². The molecule has 4 rings (SSSR count). The number of benzene rings is 1. The Morgan fingerprint density at radius 3 is 2.41 bits per heavy atom. The highest BCUT2D eigenvalue weighted by molar-refractivity contribution is 5.92. The fraction of sp³-hybridized carbons (Fsp3) is 0.407. The van der Waals surface area contributed by atoms with Crippen molar-refractivity contribution in [2.24, 2.45) is 5.92 Å². The lowest BCUT2D eigenvalue weighted by Crippen LogP contribution is -2.51. The number of rotatable bonds is 5. The predicted molar refractivity (Wildman–Crippen MR) is 138 cm³/mol. The maximum Gasteiger partial charge on any atom is 0.408 e. The molecule has 39 heavy (non-hydrogen) atoms. The van der Waals surface area contributed by atoms with E-state index in [0.717, 1.165) is 29.0 Å². The molecule has 0 spiro atoms. The van der Waals surface area contributed by atoms with E-state index < -0.39 is 51.6 Å². The maximum atomic E-state index is 15.4. The van der Waals surface area contributed by atoms with Gasteiger partial charge in [0.2, 0.25) is 5.43 Å². The van der Waals surface area contributed by atoms with Crippen LogP contribution in [0.1, 0.15) is 51.4 Å². The minimum absolute atomic E-state index is 0.128. The van der Waals surface area contributed by atoms with Crippen LogP contribution in [-0.4, -0.2) is 50.9 Å². The van der Waals surface area contributed by atoms with Gasteiger partial charge in [0.15, 0.2) is 17.3 Å². The lowest BCUT2D eigenvalue weighted by molar-refractivity contribution is 0.0441. The number of ether oxygens (including phenoxy) is 1. The van der Waals surface area contributed by atoms with Gasteiger partial charge in [-0.3, -0.25) is 9.36 Å². The molecule has 2 N–H and O–H groups in total. The van der Waals surface area contributed by atoms with Gasteiger partial charge in [-0.25, -0.2) is 27.7 Å². The SMILES string of the molecule is CC(C)(C)OC(=O)NC(C)(C)[C@@H]1CCN(c2nc3c(cc2F)c(=O)c(C(=O)O)cn3-c2ccc(F)cc2F)C1. The van der Waals surface area contributed by atoms with Gasteiger partial charge in [0.05, 0.1) is 11.1 Å². The van der Waals surface area contributed by atoms with E-state index in [9.17, 15) is 28.3 Å². The van der Waals surface area contributed by atoms with Gasteiger partial charge in [0.25, 0.3) is 0 Å². The number of fused-ring (bicyclic) bond motifs is 1. The van der Waals surface area contributed by atoms with Gasteiger partial charge in [0.1, 0.15) is 22.8 Å². The van der Waals surface area contributed by atoms with E-state index in [1.165, 1.54) is 0 Å². The first-order chi connectivity index (χ1) is 18.1. The standard InChI is InChI=1S/C27H29F3N4O5/c1-26(2,3)39-25(38)32-27(4,5)14-8-9-33(12-14)23-19(30)11-16-21(35)17(24(36)37)13-34(22(16)31-23)20-7-6-15(28)10-18(20)29/h6-7,10-11,13-14H,8-9,12H2,1-5H3,(H,32,38)(H,36,37)/t14-/m1/s1. The molecule has 1 fully saturated rings. The number of anilines is 1. The Kier molecular flexibility index (Phi) is 7.09. The van der Waals surface area contributed by atoms with Crippen LogP contribution in [0.4, 0.5) is 23.8 Å². The number of halogens is 3. The fourth-order valence-corrected chi connectivity index (χ4v) is 4.66. The molecule has 0 bridgehead atoms. The molecule has 1 atom stereocenters. The summed E-state index contributed by atoms with van der Waals surface area (Å²) in [6.45, 7) is 9.57. The van der Waals surface area contributed by atoms with Crippen molar-refractivity contribution in [2.75, 3.05) is 18.0 Å². The molecule has 1 aromatic carbocycles. The topological polar surface area (TPSA) is 114 Å². The molecular weight excluding hydrogens is 517 g/mol. The summed E-state index contributed by atoms with van der Waals surface area (Å²) in [4.78, 5) is 42.9. The van der Waals surface area contributed by atoms with Crippen molar-refractivity contribution in [3.05, 3.63) is 63.7 Å². The molecule has 12 heteroatoms. The van der Waals surface area contributed by atoms with Crippen LogP contribution in [0, 0.1) is 23.4 Å². The Hall–Kier alpha value is -4.09. The van der Waals surface area contributed by atoms with Crippen LogP contribution in [0.3, 0.4) is 0 Å². The van der Waals surface area contributed by atoms with E-state index >= 15 is 4.39 Å². The summed E-state index contributed by atoms with van der Waals surface area (Å²) < 4.78 is 50.0. The van der Waals surface area contributed by atoms with E-state index in [1.54, 1.807) is 25.7 Å². The number of aromatic nitrogens is 2. The number of carbonyl (C=O) groups is 2. The lowest BCUT2D eigenvalue weighted by Gasteiger charge is -2.33. The molecule has 3 aromatic rings. The zero-order valence-corrected chi connectivity index (χ0v) is 22.1. The molecule has 0 saturated carbocycles. The lowest BCUT2D eigenvalue weighted by atomic mass is 9.87. The third-order valence-corrected chi connectivity index (χ3v) is 6.64. The van der Waals surface area contributed by atoms with E-state index in [2.05, 4.69) is 10.3 Å². The van der Waals surface area contributed by atoms with Gasteiger partial charge in [-0.1, -0.05) is 0 Å². The third kappa shape index (κ3) is 5.69. The van der Waals surface area contributed by atoms with E-state index in [1.807, 2.05) is 13.8 Å². The molecule has 1 amide bonds. The van der Waals surface area contributed by atoms with Gasteiger partial charge in [-0.05, 0) is 59.2 Å². The van der Waals surface area contributed by atoms with Gasteiger partial charge in [-0.15, -0.1) is 0 Å². The van der Waals surface area contributed by atoms with Crippen LogP contribution >= 0.6 is 0 Å². The third-order valence-electron chi connectivity index (χ3n) is 6.64. The van der Waals surface area contributed by atoms with Gasteiger partial charge < -0.3 is 20.1 Å². The number of nitrogens with one attached hydrogen (secondary N) is 1. The first-order valence-electron chi connectivity index (χ1n) is 12.3. The van der Waals surface area contributed by atoms with Crippen LogP contribution in [0.25, 0.3) is 16.7 Å². The van der Waals surface area contributed by atoms with Gasteiger partial charge >= 0.3 is 12.1 Å². The molecule has 1 aliphatic heterocycles. The molecule has 9 nitrogen and oxygen atoms in total. The summed E-state index contributed by atoms with van der Waals surface area (Å²) in [5.74, 6) is -4.60. The molecule has 0 aliphatic carbocycles. The smallest absolute Gasteiger partial charge is 0.408 e. The minimum Gasteiger partial charge on any atom is -0.477 e. The van der Waals surface area contributed by atoms with Crippen molar-refractivity contribution in [1.29, 1.82) is 0 Å². The van der Waals surface area contributed by atoms with Crippen LogP contribution in [0.15, 0.2) is 35.3 Å². The highest BCUT2D eigenvalue weighted by Crippen LogP contribution is 2.33. The van der Waals surface area contributed by atoms with Gasteiger partial charge in [-0.2, -0.15) is 0 Å². The maximum absolute atomic E-state index is 15.4. The predicted octanol–water partition coefficient (Wildman–Crippen LogP) is 4.63. The largest absolute Gasteiger partial charge is 0.477 e. The van der Waals surface area contributed by atoms with E-state index in [-0.39, 0.29) is 28.5 Å². The number of alkyl carbamates (subject to hydrolysis) is 1. The van der Waals surface area contributed by atoms with E-state index in [0.29, 0.717) is 25.6 Å². The summed E-state index contributed by atoms with van der Waals surface area (Å²) in [7, 11) is 0. The average Bonchev–Trinajstić information content (AvgIpc) is 3.29. The average molecular weight is 547 g/mol. The Balaban J connectivity index is 1.75. The molecule has 1 saturated heterocycles. The number of carboxylic acids is 1. The first kappa shape index (κ1) is 27.9. The van der Waals surface area contributed by atoms with Crippen LogP contribution in [0.2, 0.25) is 0 Å². The number of carbonyl (C=O) groups excluding carboxylic acids is 1. The highest BCUT2D eigenvalue weighted by Gasteiger charge is 2.38. The highest BCUT2D eigenvalue weighted by atomic mass is 19.1. The monoisotopic (exact) mass is 546 g/mol. The zero-order chi connectivity index (χ0) is 28.9. The second kappa shape index (κ2) is 9.90. The fourth-order valence-electron chi connectivity index (χ4n) is 4.66. The molecule has 3 heterocycles. The Labute approximate surface area is 222 Å². The van der Waals surface area contributed by atoms with Crippen LogP contribution < -0.4 is 15.6 Å². The first-order valence-corrected chi connectivity index (χ1v) is 12.3. The second-order valence-electron chi connectivity index (χ2n) is 11.1. The summed E-state index contributed by atoms with van der Waals surface area (Å²) in [5.41, 5.74) is -3.58. The van der Waals surface area contributed by atoms with Crippen molar-refractivity contribution in [3.63, 3.8) is 0 Å². The van der Waals surface area contributed by atoms with Crippen LogP contribution in [-0.2, 0) is 4.74 Å². The summed E-state index contributed by atoms with van der Waals surface area (Å²) in [6, 6.07) is 3.52. The number of hydrogen-bond acceptors (Lipinski definition) is 6. The number of carboxylic acid groups (broad SMARTS) is 1. The molecule has 2 aromatic heterocycles. The van der Waals surface area contributed by atoms with Crippen molar-refractivity contribution in [3.8, 4) is 5.69 Å². The minimum atomic E-state index is -1.59. The molecule has 0 unspecified atom stereocenters. The zero-order valence-electron chi connectivity index (χ0n) is 22.1. The van der Waals surface area contributed by atoms with Crippen LogP contribution in [0.5, 0.6) is 0 Å². The summed E-state index contributed by atoms with van der Waals surface area (Å²) in [6.07, 6.45) is 0.873. The van der Waals surface area contributed by atoms with Gasteiger partial charge in [0, 0.05) is 36.8 Å².